The number of anilines is 1. The van der Waals surface area contributed by atoms with Gasteiger partial charge >= 0.3 is 6.36 Å². The van der Waals surface area contributed by atoms with E-state index in [9.17, 15) is 13.2 Å². The molecule has 4 rings (SSSR count). The molecule has 3 heterocycles. The minimum atomic E-state index is -4.55. The van der Waals surface area contributed by atoms with E-state index in [1.807, 2.05) is 12.4 Å². The van der Waals surface area contributed by atoms with Gasteiger partial charge in [0.2, 0.25) is 0 Å². The summed E-state index contributed by atoms with van der Waals surface area (Å²) >= 11 is 0. The molecule has 1 aromatic heterocycles. The van der Waals surface area contributed by atoms with Crippen LogP contribution in [0.3, 0.4) is 0 Å². The van der Waals surface area contributed by atoms with Crippen molar-refractivity contribution in [1.29, 1.82) is 0 Å². The first-order chi connectivity index (χ1) is 11.4. The number of nitrogens with zero attached hydrogens (tertiary/aromatic N) is 3. The number of hydrogen-bond donors (Lipinski definition) is 0. The average Bonchev–Trinajstić information content (AvgIpc) is 2.89. The molecule has 8 heteroatoms. The number of piperidine rings is 1. The van der Waals surface area contributed by atoms with Gasteiger partial charge in [-0.3, -0.25) is 9.42 Å². The largest absolute Gasteiger partial charge is 0.522 e. The van der Waals surface area contributed by atoms with E-state index in [-0.39, 0.29) is 6.04 Å². The third kappa shape index (κ3) is 3.13. The maximum atomic E-state index is 12.2. The summed E-state index contributed by atoms with van der Waals surface area (Å²) in [6.07, 6.45) is 1.42. The lowest BCUT2D eigenvalue weighted by Crippen LogP contribution is -2.56. The third-order valence-electron chi connectivity index (χ3n) is 5.39. The Kier molecular flexibility index (Phi) is 3.99. The second kappa shape index (κ2) is 5.91. The van der Waals surface area contributed by atoms with Crippen molar-refractivity contribution in [3.8, 4) is 0 Å². The predicted molar refractivity (Wildman–Crippen MR) is 80.7 cm³/mol. The summed E-state index contributed by atoms with van der Waals surface area (Å²) in [4.78, 5) is 2.40. The molecule has 2 saturated heterocycles. The minimum Gasteiger partial charge on any atom is -0.377 e. The van der Waals surface area contributed by atoms with Crippen molar-refractivity contribution in [1.82, 2.24) is 9.78 Å². The number of morpholine rings is 1. The summed E-state index contributed by atoms with van der Waals surface area (Å²) in [6.45, 7) is 3.75. The number of hydrogen-bond acceptors (Lipinski definition) is 4. The van der Waals surface area contributed by atoms with Crippen LogP contribution in [0.5, 0.6) is 0 Å². The van der Waals surface area contributed by atoms with E-state index in [2.05, 4.69) is 21.7 Å². The lowest BCUT2D eigenvalue weighted by Gasteiger charge is -2.48. The van der Waals surface area contributed by atoms with Crippen molar-refractivity contribution in [2.24, 2.45) is 5.92 Å². The van der Waals surface area contributed by atoms with Crippen LogP contribution in [-0.2, 0) is 9.47 Å². The average molecular weight is 345 g/mol. The molecule has 5 nitrogen and oxygen atoms in total. The summed E-state index contributed by atoms with van der Waals surface area (Å²) in [6, 6.07) is 0.728. The topological polar surface area (TPSA) is 39.5 Å². The van der Waals surface area contributed by atoms with Crippen LogP contribution in [0.2, 0.25) is 0 Å². The van der Waals surface area contributed by atoms with Gasteiger partial charge in [-0.15, -0.1) is 13.2 Å². The van der Waals surface area contributed by atoms with Crippen LogP contribution in [0.25, 0.3) is 0 Å². The van der Waals surface area contributed by atoms with E-state index in [1.54, 1.807) is 4.68 Å². The van der Waals surface area contributed by atoms with Crippen molar-refractivity contribution in [2.45, 2.75) is 63.2 Å². The number of aromatic nitrogens is 2. The normalized spacial score (nSPS) is 36.5. The molecular weight excluding hydrogens is 323 g/mol. The quantitative estimate of drug-likeness (QED) is 0.844. The summed E-state index contributed by atoms with van der Waals surface area (Å²) in [5.74, 6) is 0.696. The Bertz CT molecular complexity index is 571. The Labute approximate surface area is 138 Å². The van der Waals surface area contributed by atoms with E-state index < -0.39 is 12.5 Å². The lowest BCUT2D eigenvalue weighted by atomic mass is 9.86. The molecule has 1 saturated carbocycles. The molecule has 3 atom stereocenters. The Hall–Kier alpha value is -1.28. The molecule has 0 N–H and O–H groups in total. The number of halogens is 3. The standard InChI is InChI=1S/C16H22F3N3O2/c1-10-2-12-8-23-9-13(3-10)22(12)14-6-20-21(7-14)11-4-15(5-11)24-16(17,18)19/h6-7,10-13,15H,2-5,8-9H2,1H3/t10-,11?,12+,13-,15?. The molecule has 0 unspecified atom stereocenters. The number of fused-ring (bicyclic) bond motifs is 2. The monoisotopic (exact) mass is 345 g/mol. The summed E-state index contributed by atoms with van der Waals surface area (Å²) in [5, 5.41) is 4.39. The van der Waals surface area contributed by atoms with Crippen LogP contribution in [-0.4, -0.2) is 47.5 Å². The van der Waals surface area contributed by atoms with Gasteiger partial charge in [-0.1, -0.05) is 6.92 Å². The highest BCUT2D eigenvalue weighted by atomic mass is 19.4. The van der Waals surface area contributed by atoms with Crippen molar-refractivity contribution in [3.05, 3.63) is 12.4 Å². The molecule has 134 valence electrons. The van der Waals surface area contributed by atoms with Crippen LogP contribution in [0.1, 0.15) is 38.6 Å². The molecule has 0 radical (unpaired) electrons. The Morgan fingerprint density at radius 2 is 1.79 bits per heavy atom. The smallest absolute Gasteiger partial charge is 0.377 e. The SMILES string of the molecule is C[C@@H]1C[C@H]2COC[C@@H](C1)N2c1cnn(C2CC(OC(F)(F)F)C2)c1. The van der Waals surface area contributed by atoms with E-state index >= 15 is 0 Å². The van der Waals surface area contributed by atoms with Crippen molar-refractivity contribution in [2.75, 3.05) is 18.1 Å². The molecule has 24 heavy (non-hydrogen) atoms. The van der Waals surface area contributed by atoms with E-state index in [0.717, 1.165) is 31.7 Å². The molecule has 3 aliphatic rings. The molecule has 1 aliphatic carbocycles. The van der Waals surface area contributed by atoms with Gasteiger partial charge in [-0.25, -0.2) is 0 Å². The zero-order valence-electron chi connectivity index (χ0n) is 13.6. The van der Waals surface area contributed by atoms with Crippen LogP contribution in [0.15, 0.2) is 12.4 Å². The number of ether oxygens (including phenoxy) is 2. The zero-order valence-corrected chi connectivity index (χ0v) is 13.6. The van der Waals surface area contributed by atoms with Crippen molar-refractivity contribution < 1.29 is 22.6 Å². The van der Waals surface area contributed by atoms with Crippen LogP contribution in [0.4, 0.5) is 18.9 Å². The van der Waals surface area contributed by atoms with Gasteiger partial charge in [0.25, 0.3) is 0 Å². The van der Waals surface area contributed by atoms with Crippen LogP contribution < -0.4 is 4.90 Å². The highest BCUT2D eigenvalue weighted by Gasteiger charge is 2.42. The number of alkyl halides is 3. The van der Waals surface area contributed by atoms with Crippen molar-refractivity contribution >= 4 is 5.69 Å². The fraction of sp³-hybridized carbons (Fsp3) is 0.812. The van der Waals surface area contributed by atoms with Gasteiger partial charge in [0, 0.05) is 6.20 Å². The highest BCUT2D eigenvalue weighted by Crippen LogP contribution is 2.40. The van der Waals surface area contributed by atoms with E-state index in [4.69, 9.17) is 4.74 Å². The first-order valence-corrected chi connectivity index (χ1v) is 8.54. The maximum Gasteiger partial charge on any atom is 0.522 e. The molecule has 0 aromatic carbocycles. The molecule has 0 spiro atoms. The fourth-order valence-corrected chi connectivity index (χ4v) is 4.31. The van der Waals surface area contributed by atoms with Gasteiger partial charge in [0.15, 0.2) is 0 Å². The van der Waals surface area contributed by atoms with E-state index in [1.165, 1.54) is 0 Å². The zero-order chi connectivity index (χ0) is 16.9. The minimum absolute atomic E-state index is 0.00842. The molecule has 2 bridgehead atoms. The van der Waals surface area contributed by atoms with Gasteiger partial charge < -0.3 is 9.64 Å². The van der Waals surface area contributed by atoms with E-state index in [0.29, 0.717) is 30.8 Å². The molecule has 1 aromatic rings. The summed E-state index contributed by atoms with van der Waals surface area (Å²) in [7, 11) is 0. The van der Waals surface area contributed by atoms with Gasteiger partial charge in [-0.05, 0) is 31.6 Å². The first kappa shape index (κ1) is 16.2. The Morgan fingerprint density at radius 3 is 2.42 bits per heavy atom. The Morgan fingerprint density at radius 1 is 1.12 bits per heavy atom. The third-order valence-corrected chi connectivity index (χ3v) is 5.39. The summed E-state index contributed by atoms with van der Waals surface area (Å²) in [5.41, 5.74) is 1.06. The van der Waals surface area contributed by atoms with Gasteiger partial charge in [0.1, 0.15) is 0 Å². The second-order valence-corrected chi connectivity index (χ2v) is 7.32. The van der Waals surface area contributed by atoms with Crippen LogP contribution in [0, 0.1) is 5.92 Å². The molecule has 0 amide bonds. The Balaban J connectivity index is 1.41. The first-order valence-electron chi connectivity index (χ1n) is 8.54. The van der Waals surface area contributed by atoms with Crippen LogP contribution >= 0.6 is 0 Å². The highest BCUT2D eigenvalue weighted by molar-refractivity contribution is 5.46. The molecular formula is C16H22F3N3O2. The predicted octanol–water partition coefficient (Wildman–Crippen LogP) is 3.13. The van der Waals surface area contributed by atoms with Gasteiger partial charge in [-0.2, -0.15) is 5.10 Å². The van der Waals surface area contributed by atoms with Gasteiger partial charge in [0.05, 0.1) is 49.3 Å². The fourth-order valence-electron chi connectivity index (χ4n) is 4.31. The molecule has 3 fully saturated rings. The lowest BCUT2D eigenvalue weighted by molar-refractivity contribution is -0.353. The summed E-state index contributed by atoms with van der Waals surface area (Å²) < 4.78 is 48.1. The molecule has 2 aliphatic heterocycles. The van der Waals surface area contributed by atoms with Crippen molar-refractivity contribution in [3.63, 3.8) is 0 Å². The second-order valence-electron chi connectivity index (χ2n) is 7.32. The number of rotatable bonds is 3. The maximum absolute atomic E-state index is 12.2.